The molecule has 3 nitrogen and oxygen atoms in total. The van der Waals surface area contributed by atoms with Crippen LogP contribution in [0.4, 0.5) is 0 Å². The summed E-state index contributed by atoms with van der Waals surface area (Å²) in [5.74, 6) is -0.0842. The third-order valence-corrected chi connectivity index (χ3v) is 0.740. The van der Waals surface area contributed by atoms with Crippen molar-refractivity contribution in [2.24, 2.45) is 0 Å². The highest BCUT2D eigenvalue weighted by atomic mass is 16.3. The van der Waals surface area contributed by atoms with Crippen molar-refractivity contribution in [3.63, 3.8) is 0 Å². The maximum atomic E-state index is 8.49. The molecular formula is C5H10O3. The molecular weight excluding hydrogens is 108 g/mol. The second-order valence-electron chi connectivity index (χ2n) is 1.45. The molecule has 0 aliphatic heterocycles. The Labute approximate surface area is 47.9 Å². The fourth-order valence-electron chi connectivity index (χ4n) is 0.325. The Hall–Kier alpha value is -0.700. The second kappa shape index (κ2) is 4.46. The van der Waals surface area contributed by atoms with E-state index in [9.17, 15) is 0 Å². The highest BCUT2D eigenvalue weighted by molar-refractivity contribution is 4.82. The number of hydrogen-bond donors (Lipinski definition) is 3. The molecule has 0 spiro atoms. The van der Waals surface area contributed by atoms with Crippen molar-refractivity contribution >= 4 is 0 Å². The van der Waals surface area contributed by atoms with Gasteiger partial charge in [-0.1, -0.05) is 0 Å². The molecule has 0 saturated heterocycles. The Morgan fingerprint density at radius 2 is 2.12 bits per heavy atom. The van der Waals surface area contributed by atoms with Crippen LogP contribution in [0.25, 0.3) is 0 Å². The molecule has 0 rings (SSSR count). The molecule has 0 aromatic heterocycles. The van der Waals surface area contributed by atoms with Crippen LogP contribution in [0.15, 0.2) is 12.0 Å². The Balaban J connectivity index is 3.12. The van der Waals surface area contributed by atoms with Crippen molar-refractivity contribution < 1.29 is 15.3 Å². The smallest absolute Gasteiger partial charge is 0.126 e. The van der Waals surface area contributed by atoms with E-state index < -0.39 is 0 Å². The molecule has 0 aromatic carbocycles. The van der Waals surface area contributed by atoms with E-state index in [1.165, 1.54) is 0 Å². The summed E-state index contributed by atoms with van der Waals surface area (Å²) in [6.45, 7) is 0.0396. The molecule has 0 radical (unpaired) electrons. The minimum atomic E-state index is -0.0842. The molecule has 0 aliphatic rings. The van der Waals surface area contributed by atoms with E-state index in [1.54, 1.807) is 0 Å². The lowest BCUT2D eigenvalue weighted by Gasteiger charge is -1.92. The summed E-state index contributed by atoms with van der Waals surface area (Å²) in [5, 5.41) is 24.7. The van der Waals surface area contributed by atoms with Gasteiger partial charge in [0.2, 0.25) is 0 Å². The SMILES string of the molecule is OC=C(O)CCCO. The van der Waals surface area contributed by atoms with Gasteiger partial charge in [0.25, 0.3) is 0 Å². The molecule has 0 saturated carbocycles. The highest BCUT2D eigenvalue weighted by Crippen LogP contribution is 1.96. The van der Waals surface area contributed by atoms with E-state index in [4.69, 9.17) is 15.3 Å². The van der Waals surface area contributed by atoms with Gasteiger partial charge in [-0.05, 0) is 6.42 Å². The third-order valence-electron chi connectivity index (χ3n) is 0.740. The van der Waals surface area contributed by atoms with Gasteiger partial charge in [-0.3, -0.25) is 0 Å². The van der Waals surface area contributed by atoms with Crippen LogP contribution in [0.3, 0.4) is 0 Å². The Bertz CT molecular complexity index is 77.7. The van der Waals surface area contributed by atoms with Crippen LogP contribution >= 0.6 is 0 Å². The van der Waals surface area contributed by atoms with Gasteiger partial charge >= 0.3 is 0 Å². The molecule has 0 heterocycles. The van der Waals surface area contributed by atoms with E-state index in [1.807, 2.05) is 0 Å². The lowest BCUT2D eigenvalue weighted by molar-refractivity contribution is 0.270. The molecule has 8 heavy (non-hydrogen) atoms. The second-order valence-corrected chi connectivity index (χ2v) is 1.45. The summed E-state index contributed by atoms with van der Waals surface area (Å²) >= 11 is 0. The average Bonchev–Trinajstić information content (AvgIpc) is 1.83. The molecule has 0 unspecified atom stereocenters. The zero-order valence-corrected chi connectivity index (χ0v) is 4.54. The van der Waals surface area contributed by atoms with Gasteiger partial charge in [0.1, 0.15) is 12.0 Å². The molecule has 48 valence electrons. The summed E-state index contributed by atoms with van der Waals surface area (Å²) < 4.78 is 0. The zero-order chi connectivity index (χ0) is 6.41. The quantitative estimate of drug-likeness (QED) is 0.478. The number of aliphatic hydroxyl groups is 3. The van der Waals surface area contributed by atoms with Crippen molar-refractivity contribution in [1.82, 2.24) is 0 Å². The van der Waals surface area contributed by atoms with E-state index in [-0.39, 0.29) is 12.4 Å². The van der Waals surface area contributed by atoms with Crippen LogP contribution in [0, 0.1) is 0 Å². The zero-order valence-electron chi connectivity index (χ0n) is 4.54. The van der Waals surface area contributed by atoms with Crippen molar-refractivity contribution in [1.29, 1.82) is 0 Å². The summed E-state index contributed by atoms with van der Waals surface area (Å²) in [4.78, 5) is 0. The van der Waals surface area contributed by atoms with E-state index in [0.717, 1.165) is 0 Å². The molecule has 3 N–H and O–H groups in total. The van der Waals surface area contributed by atoms with Gasteiger partial charge in [-0.15, -0.1) is 0 Å². The van der Waals surface area contributed by atoms with Crippen molar-refractivity contribution in [3.8, 4) is 0 Å². The first-order chi connectivity index (χ1) is 3.81. The molecule has 0 aliphatic carbocycles. The fraction of sp³-hybridized carbons (Fsp3) is 0.600. The minimum Gasteiger partial charge on any atom is -0.512 e. The van der Waals surface area contributed by atoms with Gasteiger partial charge in [0, 0.05) is 13.0 Å². The first kappa shape index (κ1) is 7.30. The topological polar surface area (TPSA) is 60.7 Å². The van der Waals surface area contributed by atoms with Gasteiger partial charge < -0.3 is 15.3 Å². The summed E-state index contributed by atoms with van der Waals surface area (Å²) in [7, 11) is 0. The van der Waals surface area contributed by atoms with Gasteiger partial charge in [0.05, 0.1) is 0 Å². The van der Waals surface area contributed by atoms with Crippen LogP contribution in [-0.4, -0.2) is 21.9 Å². The standard InChI is InChI=1S/C5H10O3/c6-3-1-2-5(8)4-7/h4,6-8H,1-3H2. The van der Waals surface area contributed by atoms with Gasteiger partial charge in [-0.25, -0.2) is 0 Å². The first-order valence-corrected chi connectivity index (χ1v) is 2.44. The molecule has 0 atom stereocenters. The van der Waals surface area contributed by atoms with Crippen molar-refractivity contribution in [3.05, 3.63) is 12.0 Å². The maximum absolute atomic E-state index is 8.49. The number of allylic oxidation sites excluding steroid dienone is 1. The molecule has 0 bridgehead atoms. The molecule has 3 heteroatoms. The lowest BCUT2D eigenvalue weighted by Crippen LogP contribution is -1.85. The lowest BCUT2D eigenvalue weighted by atomic mass is 10.3. The largest absolute Gasteiger partial charge is 0.512 e. The Morgan fingerprint density at radius 1 is 1.50 bits per heavy atom. The number of aliphatic hydroxyl groups excluding tert-OH is 3. The normalized spacial score (nSPS) is 11.9. The van der Waals surface area contributed by atoms with Crippen molar-refractivity contribution in [2.75, 3.05) is 6.61 Å². The fourth-order valence-corrected chi connectivity index (χ4v) is 0.325. The predicted molar refractivity (Wildman–Crippen MR) is 29.7 cm³/mol. The average molecular weight is 118 g/mol. The maximum Gasteiger partial charge on any atom is 0.126 e. The summed E-state index contributed by atoms with van der Waals surface area (Å²) in [6.07, 6.45) is 1.46. The van der Waals surface area contributed by atoms with Crippen LogP contribution in [-0.2, 0) is 0 Å². The number of rotatable bonds is 3. The van der Waals surface area contributed by atoms with Gasteiger partial charge in [-0.2, -0.15) is 0 Å². The first-order valence-electron chi connectivity index (χ1n) is 2.44. The Kier molecular flexibility index (Phi) is 4.07. The van der Waals surface area contributed by atoms with E-state index in [2.05, 4.69) is 0 Å². The van der Waals surface area contributed by atoms with Crippen LogP contribution < -0.4 is 0 Å². The highest BCUT2D eigenvalue weighted by Gasteiger charge is 1.89. The van der Waals surface area contributed by atoms with E-state index in [0.29, 0.717) is 19.1 Å². The predicted octanol–water partition coefficient (Wildman–Crippen LogP) is 0.716. The van der Waals surface area contributed by atoms with Crippen LogP contribution in [0.2, 0.25) is 0 Å². The minimum absolute atomic E-state index is 0.0396. The molecule has 0 amide bonds. The number of hydrogen-bond acceptors (Lipinski definition) is 3. The van der Waals surface area contributed by atoms with Crippen LogP contribution in [0.5, 0.6) is 0 Å². The van der Waals surface area contributed by atoms with Gasteiger partial charge in [0.15, 0.2) is 0 Å². The monoisotopic (exact) mass is 118 g/mol. The molecule has 0 aromatic rings. The van der Waals surface area contributed by atoms with Crippen molar-refractivity contribution in [2.45, 2.75) is 12.8 Å². The van der Waals surface area contributed by atoms with Crippen LogP contribution in [0.1, 0.15) is 12.8 Å². The van der Waals surface area contributed by atoms with E-state index >= 15 is 0 Å². The third kappa shape index (κ3) is 3.49. The summed E-state index contributed by atoms with van der Waals surface area (Å²) in [6, 6.07) is 0. The molecule has 0 fully saturated rings. The Morgan fingerprint density at radius 3 is 2.50 bits per heavy atom. The summed E-state index contributed by atoms with van der Waals surface area (Å²) in [5.41, 5.74) is 0.